The van der Waals surface area contributed by atoms with Gasteiger partial charge in [0.05, 0.1) is 4.88 Å². The van der Waals surface area contributed by atoms with Crippen LogP contribution in [0.25, 0.3) is 10.8 Å². The average molecular weight is 299 g/mol. The van der Waals surface area contributed by atoms with Crippen molar-refractivity contribution in [2.24, 2.45) is 0 Å². The molecule has 3 aromatic rings. The van der Waals surface area contributed by atoms with Crippen LogP contribution in [-0.4, -0.2) is 10.2 Å². The van der Waals surface area contributed by atoms with E-state index in [1.807, 2.05) is 24.4 Å². The van der Waals surface area contributed by atoms with Gasteiger partial charge in [0.25, 0.3) is 5.89 Å². The normalized spacial score (nSPS) is 12.3. The van der Waals surface area contributed by atoms with E-state index in [1.54, 1.807) is 11.3 Å². The summed E-state index contributed by atoms with van der Waals surface area (Å²) in [6.07, 6.45) is 0. The van der Waals surface area contributed by atoms with Gasteiger partial charge in [0.15, 0.2) is 0 Å². The van der Waals surface area contributed by atoms with Gasteiger partial charge in [-0.15, -0.1) is 21.5 Å². The lowest BCUT2D eigenvalue weighted by atomic mass is 10.1. The van der Waals surface area contributed by atoms with Crippen LogP contribution in [0.15, 0.2) is 40.1 Å². The zero-order valence-corrected chi connectivity index (χ0v) is 13.1. The monoisotopic (exact) mass is 299 g/mol. The Morgan fingerprint density at radius 2 is 2.05 bits per heavy atom. The molecule has 108 valence electrons. The van der Waals surface area contributed by atoms with Gasteiger partial charge in [-0.05, 0) is 49.4 Å². The zero-order valence-electron chi connectivity index (χ0n) is 12.3. The predicted molar refractivity (Wildman–Crippen MR) is 85.6 cm³/mol. The summed E-state index contributed by atoms with van der Waals surface area (Å²) in [5, 5.41) is 13.7. The first-order valence-corrected chi connectivity index (χ1v) is 7.72. The van der Waals surface area contributed by atoms with Crippen LogP contribution in [0.4, 0.5) is 5.69 Å². The maximum atomic E-state index is 5.76. The van der Waals surface area contributed by atoms with Crippen LogP contribution in [0.3, 0.4) is 0 Å². The van der Waals surface area contributed by atoms with E-state index in [0.717, 1.165) is 10.6 Å². The van der Waals surface area contributed by atoms with E-state index >= 15 is 0 Å². The van der Waals surface area contributed by atoms with Crippen molar-refractivity contribution in [3.63, 3.8) is 0 Å². The molecule has 4 nitrogen and oxygen atoms in total. The number of nitrogens with one attached hydrogen (secondary N) is 1. The first-order valence-electron chi connectivity index (χ1n) is 6.84. The van der Waals surface area contributed by atoms with E-state index in [1.165, 1.54) is 11.1 Å². The molecule has 0 bridgehead atoms. The van der Waals surface area contributed by atoms with E-state index in [0.29, 0.717) is 11.8 Å². The molecule has 0 saturated carbocycles. The molecule has 1 N–H and O–H groups in total. The predicted octanol–water partition coefficient (Wildman–Crippen LogP) is 4.59. The summed E-state index contributed by atoms with van der Waals surface area (Å²) < 4.78 is 5.76. The third kappa shape index (κ3) is 2.97. The molecular formula is C16H17N3OS. The SMILES string of the molecule is Cc1ccc(C)c(N[C@H](C)c2nnc(-c3cccs3)o2)c1. The molecule has 2 aromatic heterocycles. The fourth-order valence-corrected chi connectivity index (χ4v) is 2.74. The van der Waals surface area contributed by atoms with Gasteiger partial charge >= 0.3 is 0 Å². The summed E-state index contributed by atoms with van der Waals surface area (Å²) in [6, 6.07) is 10.3. The second kappa shape index (κ2) is 5.69. The third-order valence-corrected chi connectivity index (χ3v) is 4.17. The Labute approximate surface area is 127 Å². The van der Waals surface area contributed by atoms with Gasteiger partial charge in [-0.1, -0.05) is 18.2 Å². The van der Waals surface area contributed by atoms with Gasteiger partial charge in [0.1, 0.15) is 6.04 Å². The molecule has 0 saturated heterocycles. The fraction of sp³-hybridized carbons (Fsp3) is 0.250. The van der Waals surface area contributed by atoms with E-state index in [2.05, 4.69) is 47.6 Å². The van der Waals surface area contributed by atoms with Gasteiger partial charge < -0.3 is 9.73 Å². The number of hydrogen-bond donors (Lipinski definition) is 1. The molecule has 0 unspecified atom stereocenters. The molecule has 0 spiro atoms. The first-order chi connectivity index (χ1) is 10.1. The number of thiophene rings is 1. The highest BCUT2D eigenvalue weighted by Gasteiger charge is 2.16. The van der Waals surface area contributed by atoms with Crippen LogP contribution < -0.4 is 5.32 Å². The molecular weight excluding hydrogens is 282 g/mol. The van der Waals surface area contributed by atoms with E-state index in [4.69, 9.17) is 4.42 Å². The number of rotatable bonds is 4. The second-order valence-corrected chi connectivity index (χ2v) is 6.05. The smallest absolute Gasteiger partial charge is 0.257 e. The Balaban J connectivity index is 1.79. The van der Waals surface area contributed by atoms with Crippen molar-refractivity contribution in [1.82, 2.24) is 10.2 Å². The van der Waals surface area contributed by atoms with Gasteiger partial charge in [-0.2, -0.15) is 0 Å². The second-order valence-electron chi connectivity index (χ2n) is 5.11. The van der Waals surface area contributed by atoms with Crippen molar-refractivity contribution in [1.29, 1.82) is 0 Å². The molecule has 1 aromatic carbocycles. The van der Waals surface area contributed by atoms with Gasteiger partial charge in [-0.3, -0.25) is 0 Å². The number of aryl methyl sites for hydroxylation is 2. The molecule has 0 fully saturated rings. The van der Waals surface area contributed by atoms with Crippen molar-refractivity contribution in [2.45, 2.75) is 26.8 Å². The maximum Gasteiger partial charge on any atom is 0.257 e. The highest BCUT2D eigenvalue weighted by molar-refractivity contribution is 7.13. The van der Waals surface area contributed by atoms with Crippen molar-refractivity contribution in [2.75, 3.05) is 5.32 Å². The van der Waals surface area contributed by atoms with Crippen molar-refractivity contribution in [3.05, 3.63) is 52.7 Å². The number of anilines is 1. The molecule has 0 aliphatic carbocycles. The third-order valence-electron chi connectivity index (χ3n) is 3.31. The quantitative estimate of drug-likeness (QED) is 0.765. The number of hydrogen-bond acceptors (Lipinski definition) is 5. The number of nitrogens with zero attached hydrogens (tertiary/aromatic N) is 2. The van der Waals surface area contributed by atoms with Gasteiger partial charge in [0, 0.05) is 5.69 Å². The van der Waals surface area contributed by atoms with E-state index in [9.17, 15) is 0 Å². The minimum absolute atomic E-state index is 0.0355. The van der Waals surface area contributed by atoms with Crippen LogP contribution in [0.2, 0.25) is 0 Å². The Morgan fingerprint density at radius 3 is 2.81 bits per heavy atom. The molecule has 1 atom stereocenters. The standard InChI is InChI=1S/C16H17N3OS/c1-10-6-7-11(2)13(9-10)17-12(3)15-18-19-16(20-15)14-5-4-8-21-14/h4-9,12,17H,1-3H3/t12-/m1/s1. The topological polar surface area (TPSA) is 51.0 Å². The average Bonchev–Trinajstić information content (AvgIpc) is 3.12. The summed E-state index contributed by atoms with van der Waals surface area (Å²) >= 11 is 1.59. The highest BCUT2D eigenvalue weighted by atomic mass is 32.1. The molecule has 0 amide bonds. The minimum atomic E-state index is -0.0355. The first kappa shape index (κ1) is 13.8. The summed E-state index contributed by atoms with van der Waals surface area (Å²) in [6.45, 7) is 6.18. The molecule has 0 aliphatic heterocycles. The lowest BCUT2D eigenvalue weighted by Crippen LogP contribution is -2.08. The Kier molecular flexibility index (Phi) is 3.75. The summed E-state index contributed by atoms with van der Waals surface area (Å²) in [7, 11) is 0. The zero-order chi connectivity index (χ0) is 14.8. The molecule has 5 heteroatoms. The Hall–Kier alpha value is -2.14. The Bertz CT molecular complexity index is 734. The van der Waals surface area contributed by atoms with E-state index < -0.39 is 0 Å². The van der Waals surface area contributed by atoms with Crippen LogP contribution in [0, 0.1) is 13.8 Å². The summed E-state index contributed by atoms with van der Waals surface area (Å²) in [4.78, 5) is 0.993. The lowest BCUT2D eigenvalue weighted by molar-refractivity contribution is 0.486. The molecule has 21 heavy (non-hydrogen) atoms. The lowest BCUT2D eigenvalue weighted by Gasteiger charge is -2.14. The molecule has 0 radical (unpaired) electrons. The van der Waals surface area contributed by atoms with Crippen molar-refractivity contribution >= 4 is 17.0 Å². The van der Waals surface area contributed by atoms with Gasteiger partial charge in [-0.25, -0.2) is 0 Å². The van der Waals surface area contributed by atoms with Crippen LogP contribution >= 0.6 is 11.3 Å². The highest BCUT2D eigenvalue weighted by Crippen LogP contribution is 2.27. The summed E-state index contributed by atoms with van der Waals surface area (Å²) in [5.74, 6) is 1.17. The number of benzene rings is 1. The van der Waals surface area contributed by atoms with Crippen LogP contribution in [0.1, 0.15) is 30.0 Å². The minimum Gasteiger partial charge on any atom is -0.418 e. The largest absolute Gasteiger partial charge is 0.418 e. The van der Waals surface area contributed by atoms with Gasteiger partial charge in [0.2, 0.25) is 5.89 Å². The van der Waals surface area contributed by atoms with Crippen LogP contribution in [-0.2, 0) is 0 Å². The van der Waals surface area contributed by atoms with Crippen molar-refractivity contribution in [3.8, 4) is 10.8 Å². The fourth-order valence-electron chi connectivity index (χ4n) is 2.10. The molecule has 3 rings (SSSR count). The maximum absolute atomic E-state index is 5.76. The van der Waals surface area contributed by atoms with Crippen molar-refractivity contribution < 1.29 is 4.42 Å². The summed E-state index contributed by atoms with van der Waals surface area (Å²) in [5.41, 5.74) is 3.52. The Morgan fingerprint density at radius 1 is 1.19 bits per heavy atom. The molecule has 2 heterocycles. The van der Waals surface area contributed by atoms with Crippen LogP contribution in [0.5, 0.6) is 0 Å². The number of aromatic nitrogens is 2. The van der Waals surface area contributed by atoms with E-state index in [-0.39, 0.29) is 6.04 Å². The molecule has 0 aliphatic rings.